The fourth-order valence-corrected chi connectivity index (χ4v) is 1.46. The lowest BCUT2D eigenvalue weighted by molar-refractivity contribution is 0.0759. The van der Waals surface area contributed by atoms with Gasteiger partial charge in [-0.2, -0.15) is 4.98 Å². The van der Waals surface area contributed by atoms with Crippen LogP contribution in [0.25, 0.3) is 0 Å². The number of hydrogen-bond acceptors (Lipinski definition) is 6. The number of rotatable bonds is 10. The minimum Gasteiger partial charge on any atom is -0.382 e. The molecule has 0 radical (unpaired) electrons. The standard InChI is InChI=1S/C12H21ClN4O2/c1-3-4-15-12-16-9-10(13)11(17-12)14-5-6-19-8-7-18-2/h9H,3-8H2,1-2H3,(H2,14,15,16,17). The second-order valence-corrected chi connectivity index (χ2v) is 4.26. The molecule has 0 saturated heterocycles. The van der Waals surface area contributed by atoms with E-state index < -0.39 is 0 Å². The number of nitrogens with zero attached hydrogens (tertiary/aromatic N) is 2. The maximum absolute atomic E-state index is 6.02. The summed E-state index contributed by atoms with van der Waals surface area (Å²) < 4.78 is 10.2. The van der Waals surface area contributed by atoms with Gasteiger partial charge in [0.2, 0.25) is 5.95 Å². The quantitative estimate of drug-likeness (QED) is 0.642. The highest BCUT2D eigenvalue weighted by atomic mass is 35.5. The second kappa shape index (κ2) is 9.77. The summed E-state index contributed by atoms with van der Waals surface area (Å²) in [6.45, 7) is 5.30. The van der Waals surface area contributed by atoms with Crippen LogP contribution in [0.2, 0.25) is 5.02 Å². The summed E-state index contributed by atoms with van der Waals surface area (Å²) in [5.41, 5.74) is 0. The third kappa shape index (κ3) is 6.56. The molecule has 108 valence electrons. The van der Waals surface area contributed by atoms with Gasteiger partial charge in [0, 0.05) is 20.2 Å². The molecule has 7 heteroatoms. The number of hydrogen-bond donors (Lipinski definition) is 2. The Morgan fingerprint density at radius 3 is 2.79 bits per heavy atom. The molecule has 1 heterocycles. The molecule has 0 bridgehead atoms. The van der Waals surface area contributed by atoms with Crippen molar-refractivity contribution in [1.82, 2.24) is 9.97 Å². The van der Waals surface area contributed by atoms with E-state index >= 15 is 0 Å². The van der Waals surface area contributed by atoms with Crippen molar-refractivity contribution in [2.75, 3.05) is 50.7 Å². The van der Waals surface area contributed by atoms with Crippen LogP contribution in [0.4, 0.5) is 11.8 Å². The predicted octanol–water partition coefficient (Wildman–Crippen LogP) is 2.03. The third-order valence-corrected chi connectivity index (χ3v) is 2.52. The average Bonchev–Trinajstić information content (AvgIpc) is 2.43. The number of methoxy groups -OCH3 is 1. The van der Waals surface area contributed by atoms with Crippen molar-refractivity contribution in [3.63, 3.8) is 0 Å². The van der Waals surface area contributed by atoms with Gasteiger partial charge in [-0.15, -0.1) is 0 Å². The summed E-state index contributed by atoms with van der Waals surface area (Å²) in [5, 5.41) is 6.73. The molecule has 1 rings (SSSR count). The van der Waals surface area contributed by atoms with Crippen LogP contribution in [-0.2, 0) is 9.47 Å². The Labute approximate surface area is 118 Å². The van der Waals surface area contributed by atoms with E-state index in [1.54, 1.807) is 13.3 Å². The smallest absolute Gasteiger partial charge is 0.224 e. The van der Waals surface area contributed by atoms with Crippen LogP contribution in [0.5, 0.6) is 0 Å². The minimum absolute atomic E-state index is 0.499. The Morgan fingerprint density at radius 2 is 2.05 bits per heavy atom. The summed E-state index contributed by atoms with van der Waals surface area (Å²) in [4.78, 5) is 8.40. The largest absolute Gasteiger partial charge is 0.382 e. The Bertz CT molecular complexity index is 366. The van der Waals surface area contributed by atoms with Crippen LogP contribution in [-0.4, -0.2) is 50.0 Å². The van der Waals surface area contributed by atoms with Crippen molar-refractivity contribution in [3.05, 3.63) is 11.2 Å². The molecule has 0 amide bonds. The highest BCUT2D eigenvalue weighted by Gasteiger charge is 2.04. The molecule has 0 unspecified atom stereocenters. The Morgan fingerprint density at radius 1 is 1.21 bits per heavy atom. The molecule has 0 aliphatic rings. The van der Waals surface area contributed by atoms with E-state index in [-0.39, 0.29) is 0 Å². The number of nitrogens with one attached hydrogen (secondary N) is 2. The van der Waals surface area contributed by atoms with Crippen LogP contribution in [0.3, 0.4) is 0 Å². The Balaban J connectivity index is 2.34. The van der Waals surface area contributed by atoms with Gasteiger partial charge in [-0.05, 0) is 6.42 Å². The first kappa shape index (κ1) is 15.9. The second-order valence-electron chi connectivity index (χ2n) is 3.85. The number of halogens is 1. The van der Waals surface area contributed by atoms with Gasteiger partial charge >= 0.3 is 0 Å². The predicted molar refractivity (Wildman–Crippen MR) is 77.0 cm³/mol. The van der Waals surface area contributed by atoms with Gasteiger partial charge in [0.25, 0.3) is 0 Å². The molecule has 0 aromatic carbocycles. The molecule has 0 aliphatic carbocycles. The van der Waals surface area contributed by atoms with Crippen LogP contribution < -0.4 is 10.6 Å². The molecular weight excluding hydrogens is 268 g/mol. The lowest BCUT2D eigenvalue weighted by Gasteiger charge is -2.09. The highest BCUT2D eigenvalue weighted by molar-refractivity contribution is 6.32. The zero-order chi connectivity index (χ0) is 13.9. The van der Waals surface area contributed by atoms with Gasteiger partial charge in [-0.3, -0.25) is 0 Å². The van der Waals surface area contributed by atoms with Gasteiger partial charge < -0.3 is 20.1 Å². The average molecular weight is 289 g/mol. The molecule has 0 aliphatic heterocycles. The molecule has 0 spiro atoms. The first-order valence-electron chi connectivity index (χ1n) is 6.35. The van der Waals surface area contributed by atoms with Crippen LogP contribution >= 0.6 is 11.6 Å². The van der Waals surface area contributed by atoms with Crippen LogP contribution in [0.15, 0.2) is 6.20 Å². The van der Waals surface area contributed by atoms with E-state index in [1.165, 1.54) is 0 Å². The summed E-state index contributed by atoms with van der Waals surface area (Å²) >= 11 is 6.02. The number of anilines is 2. The fraction of sp³-hybridized carbons (Fsp3) is 0.667. The van der Waals surface area contributed by atoms with Crippen molar-refractivity contribution in [2.45, 2.75) is 13.3 Å². The van der Waals surface area contributed by atoms with Crippen molar-refractivity contribution < 1.29 is 9.47 Å². The van der Waals surface area contributed by atoms with E-state index in [4.69, 9.17) is 21.1 Å². The monoisotopic (exact) mass is 288 g/mol. The van der Waals surface area contributed by atoms with Crippen molar-refractivity contribution in [3.8, 4) is 0 Å². The zero-order valence-electron chi connectivity index (χ0n) is 11.4. The molecule has 2 N–H and O–H groups in total. The van der Waals surface area contributed by atoms with Crippen molar-refractivity contribution >= 4 is 23.4 Å². The lowest BCUT2D eigenvalue weighted by Crippen LogP contribution is -2.14. The van der Waals surface area contributed by atoms with Gasteiger partial charge in [-0.1, -0.05) is 18.5 Å². The molecule has 19 heavy (non-hydrogen) atoms. The summed E-state index contributed by atoms with van der Waals surface area (Å²) in [7, 11) is 1.65. The zero-order valence-corrected chi connectivity index (χ0v) is 12.2. The fourth-order valence-electron chi connectivity index (χ4n) is 1.30. The molecule has 1 aromatic rings. The topological polar surface area (TPSA) is 68.3 Å². The van der Waals surface area contributed by atoms with Gasteiger partial charge in [0.1, 0.15) is 5.02 Å². The molecule has 1 aromatic heterocycles. The van der Waals surface area contributed by atoms with E-state index in [0.717, 1.165) is 13.0 Å². The molecule has 6 nitrogen and oxygen atoms in total. The molecular formula is C12H21ClN4O2. The van der Waals surface area contributed by atoms with Gasteiger partial charge in [0.05, 0.1) is 26.0 Å². The van der Waals surface area contributed by atoms with Gasteiger partial charge in [-0.25, -0.2) is 4.98 Å². The lowest BCUT2D eigenvalue weighted by atomic mass is 10.5. The third-order valence-electron chi connectivity index (χ3n) is 2.25. The molecule has 0 fully saturated rings. The SMILES string of the molecule is CCCNc1ncc(Cl)c(NCCOCCOC)n1. The molecule has 0 atom stereocenters. The maximum atomic E-state index is 6.02. The Hall–Kier alpha value is -1.11. The number of ether oxygens (including phenoxy) is 2. The van der Waals surface area contributed by atoms with E-state index in [1.807, 2.05) is 0 Å². The van der Waals surface area contributed by atoms with Crippen LogP contribution in [0.1, 0.15) is 13.3 Å². The molecule has 0 saturated carbocycles. The van der Waals surface area contributed by atoms with Crippen LogP contribution in [0, 0.1) is 0 Å². The summed E-state index contributed by atoms with van der Waals surface area (Å²) in [5.74, 6) is 1.19. The normalized spacial score (nSPS) is 10.5. The highest BCUT2D eigenvalue weighted by Crippen LogP contribution is 2.18. The Kier molecular flexibility index (Phi) is 8.20. The van der Waals surface area contributed by atoms with Gasteiger partial charge in [0.15, 0.2) is 5.82 Å². The number of aromatic nitrogens is 2. The maximum Gasteiger partial charge on any atom is 0.224 e. The summed E-state index contributed by atoms with van der Waals surface area (Å²) in [6, 6.07) is 0. The van der Waals surface area contributed by atoms with E-state index in [9.17, 15) is 0 Å². The minimum atomic E-state index is 0.499. The summed E-state index contributed by atoms with van der Waals surface area (Å²) in [6.07, 6.45) is 2.60. The van der Waals surface area contributed by atoms with E-state index in [2.05, 4.69) is 27.5 Å². The van der Waals surface area contributed by atoms with Crippen molar-refractivity contribution in [2.24, 2.45) is 0 Å². The first-order valence-corrected chi connectivity index (χ1v) is 6.72. The van der Waals surface area contributed by atoms with Crippen molar-refractivity contribution in [1.29, 1.82) is 0 Å². The van der Waals surface area contributed by atoms with E-state index in [0.29, 0.717) is 43.2 Å². The first-order chi connectivity index (χ1) is 9.27.